The minimum Gasteiger partial charge on any atom is -0.342 e. The molecule has 0 aromatic heterocycles. The van der Waals surface area contributed by atoms with Gasteiger partial charge >= 0.3 is 0 Å². The van der Waals surface area contributed by atoms with Gasteiger partial charge in [-0.3, -0.25) is 4.79 Å². The number of carbonyl (C=O) groups is 1. The highest BCUT2D eigenvalue weighted by atomic mass is 79.9. The monoisotopic (exact) mass is 386 g/mol. The second kappa shape index (κ2) is 6.50. The third-order valence-corrected chi connectivity index (χ3v) is 5.50. The van der Waals surface area contributed by atoms with Crippen LogP contribution in [-0.2, 0) is 4.79 Å². The molecule has 1 aliphatic heterocycles. The Morgan fingerprint density at radius 2 is 2.14 bits per heavy atom. The van der Waals surface area contributed by atoms with Crippen molar-refractivity contribution in [1.82, 2.24) is 4.90 Å². The van der Waals surface area contributed by atoms with Crippen molar-refractivity contribution >= 4 is 34.2 Å². The highest BCUT2D eigenvalue weighted by molar-refractivity contribution is 9.10. The zero-order chi connectivity index (χ0) is 15.2. The molecule has 0 radical (unpaired) electrons. The van der Waals surface area contributed by atoms with Gasteiger partial charge < -0.3 is 10.6 Å². The molecule has 22 heavy (non-hydrogen) atoms. The summed E-state index contributed by atoms with van der Waals surface area (Å²) in [5.74, 6) is 0.887. The van der Waals surface area contributed by atoms with E-state index in [0.29, 0.717) is 11.8 Å². The largest absolute Gasteiger partial charge is 0.342 e. The van der Waals surface area contributed by atoms with Crippen LogP contribution in [-0.4, -0.2) is 29.9 Å². The van der Waals surface area contributed by atoms with Gasteiger partial charge in [-0.15, -0.1) is 12.4 Å². The van der Waals surface area contributed by atoms with Crippen LogP contribution in [0.3, 0.4) is 0 Å². The van der Waals surface area contributed by atoms with Gasteiger partial charge in [-0.25, -0.2) is 0 Å². The molecule has 1 aromatic rings. The van der Waals surface area contributed by atoms with E-state index in [9.17, 15) is 4.79 Å². The second-order valence-electron chi connectivity index (χ2n) is 7.15. The molecule has 5 heteroatoms. The van der Waals surface area contributed by atoms with Crippen molar-refractivity contribution < 1.29 is 4.79 Å². The van der Waals surface area contributed by atoms with Gasteiger partial charge in [-0.05, 0) is 41.9 Å². The lowest BCUT2D eigenvalue weighted by Gasteiger charge is -2.42. The van der Waals surface area contributed by atoms with Crippen molar-refractivity contribution in [3.63, 3.8) is 0 Å². The number of carbonyl (C=O) groups excluding carboxylic acids is 1. The molecule has 1 aliphatic carbocycles. The van der Waals surface area contributed by atoms with Crippen LogP contribution < -0.4 is 5.73 Å². The van der Waals surface area contributed by atoms with E-state index in [4.69, 9.17) is 5.73 Å². The highest BCUT2D eigenvalue weighted by Crippen LogP contribution is 2.49. The lowest BCUT2D eigenvalue weighted by atomic mass is 9.79. The predicted molar refractivity (Wildman–Crippen MR) is 95.2 cm³/mol. The summed E-state index contributed by atoms with van der Waals surface area (Å²) in [4.78, 5) is 14.7. The van der Waals surface area contributed by atoms with Crippen molar-refractivity contribution in [2.24, 2.45) is 17.1 Å². The fraction of sp³-hybridized carbons (Fsp3) is 0.588. The van der Waals surface area contributed by atoms with Gasteiger partial charge in [0.15, 0.2) is 0 Å². The van der Waals surface area contributed by atoms with Crippen molar-refractivity contribution in [2.45, 2.75) is 38.6 Å². The molecule has 3 unspecified atom stereocenters. The highest BCUT2D eigenvalue weighted by Gasteiger charge is 2.47. The maximum Gasteiger partial charge on any atom is 0.226 e. The first kappa shape index (κ1) is 17.8. The molecule has 1 saturated carbocycles. The zero-order valence-electron chi connectivity index (χ0n) is 13.1. The number of hydrogen-bond acceptors (Lipinski definition) is 2. The molecular weight excluding hydrogens is 364 g/mol. The minimum atomic E-state index is 0. The van der Waals surface area contributed by atoms with Crippen molar-refractivity contribution in [3.05, 3.63) is 34.3 Å². The van der Waals surface area contributed by atoms with Crippen LogP contribution in [0.5, 0.6) is 0 Å². The number of halogens is 2. The maximum absolute atomic E-state index is 12.7. The van der Waals surface area contributed by atoms with Crippen LogP contribution >= 0.6 is 28.3 Å². The molecule has 2 fully saturated rings. The Labute approximate surface area is 147 Å². The topological polar surface area (TPSA) is 46.3 Å². The summed E-state index contributed by atoms with van der Waals surface area (Å²) < 4.78 is 1.09. The summed E-state index contributed by atoms with van der Waals surface area (Å²) in [6.07, 6.45) is 1.89. The van der Waals surface area contributed by atoms with Crippen LogP contribution in [0.4, 0.5) is 0 Å². The smallest absolute Gasteiger partial charge is 0.226 e. The first-order chi connectivity index (χ1) is 9.88. The molecule has 0 bridgehead atoms. The van der Waals surface area contributed by atoms with E-state index in [2.05, 4.69) is 41.9 Å². The summed E-state index contributed by atoms with van der Waals surface area (Å²) in [7, 11) is 0. The molecular formula is C17H24BrClN2O. The first-order valence-electron chi connectivity index (χ1n) is 7.68. The molecule has 2 N–H and O–H groups in total. The van der Waals surface area contributed by atoms with Crippen LogP contribution in [0.15, 0.2) is 28.7 Å². The number of benzene rings is 1. The number of nitrogens with zero attached hydrogens (tertiary/aromatic N) is 1. The third-order valence-electron chi connectivity index (χ3n) is 5.01. The maximum atomic E-state index is 12.7. The van der Waals surface area contributed by atoms with Crippen molar-refractivity contribution in [1.29, 1.82) is 0 Å². The molecule has 1 saturated heterocycles. The van der Waals surface area contributed by atoms with E-state index in [0.717, 1.165) is 30.4 Å². The summed E-state index contributed by atoms with van der Waals surface area (Å²) in [6.45, 7) is 5.92. The van der Waals surface area contributed by atoms with Gasteiger partial charge in [-0.1, -0.05) is 41.9 Å². The zero-order valence-corrected chi connectivity index (χ0v) is 15.5. The molecule has 3 nitrogen and oxygen atoms in total. The first-order valence-corrected chi connectivity index (χ1v) is 8.47. The fourth-order valence-corrected chi connectivity index (χ4v) is 3.79. The number of rotatable bonds is 2. The van der Waals surface area contributed by atoms with Gasteiger partial charge in [0.05, 0.1) is 0 Å². The minimum absolute atomic E-state index is 0. The van der Waals surface area contributed by atoms with E-state index < -0.39 is 0 Å². The van der Waals surface area contributed by atoms with Crippen LogP contribution in [0.1, 0.15) is 38.2 Å². The Balaban J connectivity index is 0.00000176. The average molecular weight is 388 g/mol. The normalized spacial score (nSPS) is 29.6. The summed E-state index contributed by atoms with van der Waals surface area (Å²) in [5.41, 5.74) is 7.45. The number of likely N-dealkylation sites (tertiary alicyclic amines) is 1. The number of hydrogen-bond donors (Lipinski definition) is 1. The van der Waals surface area contributed by atoms with Crippen molar-refractivity contribution in [3.8, 4) is 0 Å². The fourth-order valence-electron chi connectivity index (χ4n) is 3.37. The SMILES string of the molecule is CC1(C)CN(C(=O)C2CC2c2cccc(Br)c2)CCC1N.Cl. The number of nitrogens with two attached hydrogens (primary N) is 1. The van der Waals surface area contributed by atoms with E-state index in [1.54, 1.807) is 0 Å². The lowest BCUT2D eigenvalue weighted by Crippen LogP contribution is -2.54. The molecule has 3 atom stereocenters. The Hall–Kier alpha value is -0.580. The van der Waals surface area contributed by atoms with Gasteiger partial charge in [0.2, 0.25) is 5.91 Å². The summed E-state index contributed by atoms with van der Waals surface area (Å²) in [5, 5.41) is 0. The third kappa shape index (κ3) is 3.50. The Morgan fingerprint density at radius 3 is 2.77 bits per heavy atom. The second-order valence-corrected chi connectivity index (χ2v) is 8.06. The van der Waals surface area contributed by atoms with E-state index in [1.807, 2.05) is 17.0 Å². The van der Waals surface area contributed by atoms with Crippen LogP contribution in [0, 0.1) is 11.3 Å². The standard InChI is InChI=1S/C17H23BrN2O.ClH/c1-17(2)10-20(7-6-15(17)19)16(21)14-9-13(14)11-4-3-5-12(18)8-11;/h3-5,8,13-15H,6-7,9-10,19H2,1-2H3;1H. The van der Waals surface area contributed by atoms with Gasteiger partial charge in [0.1, 0.15) is 0 Å². The Bertz CT molecular complexity index is 563. The van der Waals surface area contributed by atoms with Crippen molar-refractivity contribution in [2.75, 3.05) is 13.1 Å². The summed E-state index contributed by atoms with van der Waals surface area (Å²) in [6, 6.07) is 8.52. The van der Waals surface area contributed by atoms with Gasteiger partial charge in [-0.2, -0.15) is 0 Å². The molecule has 122 valence electrons. The number of amides is 1. The van der Waals surface area contributed by atoms with E-state index in [-0.39, 0.29) is 29.8 Å². The summed E-state index contributed by atoms with van der Waals surface area (Å²) >= 11 is 3.50. The molecule has 3 rings (SSSR count). The number of piperidine rings is 1. The molecule has 1 amide bonds. The van der Waals surface area contributed by atoms with E-state index >= 15 is 0 Å². The van der Waals surface area contributed by atoms with Crippen LogP contribution in [0.25, 0.3) is 0 Å². The van der Waals surface area contributed by atoms with Crippen LogP contribution in [0.2, 0.25) is 0 Å². The molecule has 1 heterocycles. The quantitative estimate of drug-likeness (QED) is 0.843. The Kier molecular flexibility index (Phi) is 5.25. The van der Waals surface area contributed by atoms with Gasteiger partial charge in [0.25, 0.3) is 0 Å². The molecule has 0 spiro atoms. The molecule has 2 aliphatic rings. The van der Waals surface area contributed by atoms with E-state index in [1.165, 1.54) is 5.56 Å². The average Bonchev–Trinajstić information content (AvgIpc) is 3.21. The lowest BCUT2D eigenvalue weighted by molar-refractivity contribution is -0.136. The predicted octanol–water partition coefficient (Wildman–Crippen LogP) is 3.56. The van der Waals surface area contributed by atoms with Gasteiger partial charge in [0, 0.05) is 29.5 Å². The molecule has 1 aromatic carbocycles. The Morgan fingerprint density at radius 1 is 1.41 bits per heavy atom.